The van der Waals surface area contributed by atoms with Crippen molar-refractivity contribution in [3.05, 3.63) is 41.3 Å². The number of hydrogen-bond donors (Lipinski definition) is 1. The second kappa shape index (κ2) is 6.17. The number of carbonyl (C=O) groups is 1. The summed E-state index contributed by atoms with van der Waals surface area (Å²) in [5.74, 6) is -0.0253. The monoisotopic (exact) mass is 312 g/mol. The van der Waals surface area contributed by atoms with Gasteiger partial charge in [0.2, 0.25) is 0 Å². The fourth-order valence-corrected chi connectivity index (χ4v) is 1.91. The molecule has 2 aromatic rings. The number of aryl methyl sites for hydroxylation is 2. The maximum Gasteiger partial charge on any atom is 0.433 e. The Morgan fingerprint density at radius 1 is 1.36 bits per heavy atom. The van der Waals surface area contributed by atoms with Crippen molar-refractivity contribution < 1.29 is 18.0 Å². The SMILES string of the molecule is CCCn1nc(C)cc1NC(=O)c1ccc(C(F)(F)F)nc1. The third-order valence-corrected chi connectivity index (χ3v) is 2.90. The van der Waals surface area contributed by atoms with Crippen LogP contribution in [0.5, 0.6) is 0 Å². The second-order valence-corrected chi connectivity index (χ2v) is 4.78. The zero-order valence-electron chi connectivity index (χ0n) is 12.1. The molecule has 0 spiro atoms. The van der Waals surface area contributed by atoms with E-state index >= 15 is 0 Å². The van der Waals surface area contributed by atoms with Gasteiger partial charge in [0.05, 0.1) is 11.3 Å². The van der Waals surface area contributed by atoms with E-state index in [0.717, 1.165) is 30.4 Å². The van der Waals surface area contributed by atoms with Gasteiger partial charge in [-0.1, -0.05) is 6.92 Å². The summed E-state index contributed by atoms with van der Waals surface area (Å²) in [4.78, 5) is 15.3. The minimum absolute atomic E-state index is 0.0508. The summed E-state index contributed by atoms with van der Waals surface area (Å²) >= 11 is 0. The fraction of sp³-hybridized carbons (Fsp3) is 0.357. The van der Waals surface area contributed by atoms with Crippen molar-refractivity contribution in [3.63, 3.8) is 0 Å². The first kappa shape index (κ1) is 16.0. The van der Waals surface area contributed by atoms with E-state index in [1.807, 2.05) is 6.92 Å². The van der Waals surface area contributed by atoms with Gasteiger partial charge in [-0.3, -0.25) is 9.78 Å². The Kier molecular flexibility index (Phi) is 4.48. The van der Waals surface area contributed by atoms with Crippen LogP contribution in [-0.2, 0) is 12.7 Å². The third kappa shape index (κ3) is 3.63. The van der Waals surface area contributed by atoms with Crippen molar-refractivity contribution in [2.75, 3.05) is 5.32 Å². The second-order valence-electron chi connectivity index (χ2n) is 4.78. The number of hydrogen-bond acceptors (Lipinski definition) is 3. The van der Waals surface area contributed by atoms with Gasteiger partial charge in [-0.2, -0.15) is 18.3 Å². The lowest BCUT2D eigenvalue weighted by atomic mass is 10.2. The van der Waals surface area contributed by atoms with Crippen LogP contribution in [0.15, 0.2) is 24.4 Å². The highest BCUT2D eigenvalue weighted by Crippen LogP contribution is 2.27. The normalized spacial score (nSPS) is 11.5. The number of amides is 1. The molecule has 0 radical (unpaired) electrons. The minimum atomic E-state index is -4.52. The summed E-state index contributed by atoms with van der Waals surface area (Å²) in [6.07, 6.45) is -2.77. The van der Waals surface area contributed by atoms with Crippen LogP contribution < -0.4 is 5.32 Å². The van der Waals surface area contributed by atoms with Gasteiger partial charge < -0.3 is 5.32 Å². The smallest absolute Gasteiger partial charge is 0.307 e. The van der Waals surface area contributed by atoms with Gasteiger partial charge in [0.15, 0.2) is 0 Å². The van der Waals surface area contributed by atoms with E-state index in [4.69, 9.17) is 0 Å². The number of aromatic nitrogens is 3. The molecule has 118 valence electrons. The minimum Gasteiger partial charge on any atom is -0.307 e. The summed E-state index contributed by atoms with van der Waals surface area (Å²) in [6, 6.07) is 3.58. The molecular formula is C14H15F3N4O. The van der Waals surface area contributed by atoms with Gasteiger partial charge in [-0.05, 0) is 25.5 Å². The number of nitrogens with zero attached hydrogens (tertiary/aromatic N) is 3. The highest BCUT2D eigenvalue weighted by atomic mass is 19.4. The summed E-state index contributed by atoms with van der Waals surface area (Å²) in [7, 11) is 0. The van der Waals surface area contributed by atoms with E-state index < -0.39 is 17.8 Å². The van der Waals surface area contributed by atoms with Crippen molar-refractivity contribution in [3.8, 4) is 0 Å². The summed E-state index contributed by atoms with van der Waals surface area (Å²) in [5.41, 5.74) is -0.236. The molecule has 0 bridgehead atoms. The van der Waals surface area contributed by atoms with Crippen molar-refractivity contribution in [1.29, 1.82) is 0 Å². The molecular weight excluding hydrogens is 297 g/mol. The zero-order chi connectivity index (χ0) is 16.3. The Morgan fingerprint density at radius 3 is 2.64 bits per heavy atom. The molecule has 0 atom stereocenters. The quantitative estimate of drug-likeness (QED) is 0.942. The highest BCUT2D eigenvalue weighted by Gasteiger charge is 2.32. The van der Waals surface area contributed by atoms with Crippen LogP contribution in [0.4, 0.5) is 19.0 Å². The molecule has 0 aromatic carbocycles. The topological polar surface area (TPSA) is 59.8 Å². The van der Waals surface area contributed by atoms with Crippen LogP contribution >= 0.6 is 0 Å². The number of carbonyl (C=O) groups excluding carboxylic acids is 1. The molecule has 8 heteroatoms. The maximum absolute atomic E-state index is 12.4. The molecule has 2 heterocycles. The van der Waals surface area contributed by atoms with Crippen molar-refractivity contribution in [1.82, 2.24) is 14.8 Å². The average Bonchev–Trinajstić information content (AvgIpc) is 2.78. The van der Waals surface area contributed by atoms with Crippen molar-refractivity contribution >= 4 is 11.7 Å². The molecule has 0 fully saturated rings. The molecule has 22 heavy (non-hydrogen) atoms. The third-order valence-electron chi connectivity index (χ3n) is 2.90. The van der Waals surface area contributed by atoms with E-state index in [-0.39, 0.29) is 5.56 Å². The Hall–Kier alpha value is -2.38. The molecule has 0 aliphatic carbocycles. The number of pyridine rings is 1. The first-order valence-corrected chi connectivity index (χ1v) is 6.70. The Balaban J connectivity index is 2.16. The molecule has 0 unspecified atom stereocenters. The summed E-state index contributed by atoms with van der Waals surface area (Å²) in [6.45, 7) is 4.40. The zero-order valence-corrected chi connectivity index (χ0v) is 12.1. The lowest BCUT2D eigenvalue weighted by molar-refractivity contribution is -0.141. The van der Waals surface area contributed by atoms with Gasteiger partial charge in [-0.25, -0.2) is 4.68 Å². The van der Waals surface area contributed by atoms with Gasteiger partial charge in [0.25, 0.3) is 5.91 Å². The van der Waals surface area contributed by atoms with Crippen molar-refractivity contribution in [2.24, 2.45) is 0 Å². The maximum atomic E-state index is 12.4. The molecule has 0 saturated heterocycles. The van der Waals surface area contributed by atoms with E-state index in [0.29, 0.717) is 12.4 Å². The number of rotatable bonds is 4. The highest BCUT2D eigenvalue weighted by molar-refractivity contribution is 6.03. The van der Waals surface area contributed by atoms with Crippen LogP contribution in [-0.4, -0.2) is 20.7 Å². The summed E-state index contributed by atoms with van der Waals surface area (Å²) < 4.78 is 38.9. The predicted octanol–water partition coefficient (Wildman–Crippen LogP) is 3.27. The van der Waals surface area contributed by atoms with E-state index in [1.54, 1.807) is 17.7 Å². The Labute approximate surface area is 125 Å². The lowest BCUT2D eigenvalue weighted by Crippen LogP contribution is -2.17. The number of anilines is 1. The average molecular weight is 312 g/mol. The number of alkyl halides is 3. The largest absolute Gasteiger partial charge is 0.433 e. The number of halogens is 3. The molecule has 5 nitrogen and oxygen atoms in total. The molecule has 2 aromatic heterocycles. The first-order valence-electron chi connectivity index (χ1n) is 6.70. The molecule has 2 rings (SSSR count). The summed E-state index contributed by atoms with van der Waals surface area (Å²) in [5, 5.41) is 6.86. The molecule has 1 amide bonds. The van der Waals surface area contributed by atoms with Gasteiger partial charge in [0.1, 0.15) is 11.5 Å². The molecule has 1 N–H and O–H groups in total. The fourth-order valence-electron chi connectivity index (χ4n) is 1.91. The molecule has 0 saturated carbocycles. The Bertz CT molecular complexity index is 662. The van der Waals surface area contributed by atoms with Crippen LogP contribution in [0.25, 0.3) is 0 Å². The van der Waals surface area contributed by atoms with Crippen LogP contribution in [0, 0.1) is 6.92 Å². The van der Waals surface area contributed by atoms with Gasteiger partial charge in [0, 0.05) is 18.8 Å². The molecule has 0 aliphatic rings. The van der Waals surface area contributed by atoms with Crippen LogP contribution in [0.1, 0.15) is 35.1 Å². The first-order chi connectivity index (χ1) is 10.3. The van der Waals surface area contributed by atoms with E-state index in [2.05, 4.69) is 15.4 Å². The number of nitrogens with one attached hydrogen (secondary N) is 1. The van der Waals surface area contributed by atoms with Gasteiger partial charge in [-0.15, -0.1) is 0 Å². The van der Waals surface area contributed by atoms with E-state index in [9.17, 15) is 18.0 Å². The predicted molar refractivity (Wildman–Crippen MR) is 74.4 cm³/mol. The van der Waals surface area contributed by atoms with Crippen molar-refractivity contribution in [2.45, 2.75) is 33.0 Å². The Morgan fingerprint density at radius 2 is 2.09 bits per heavy atom. The van der Waals surface area contributed by atoms with Gasteiger partial charge >= 0.3 is 6.18 Å². The van der Waals surface area contributed by atoms with Crippen LogP contribution in [0.3, 0.4) is 0 Å². The standard InChI is InChI=1S/C14H15F3N4O/c1-3-6-21-12(7-9(2)20-21)19-13(22)10-4-5-11(18-8-10)14(15,16)17/h4-5,7-8H,3,6H2,1-2H3,(H,19,22). The lowest BCUT2D eigenvalue weighted by Gasteiger charge is -2.09. The van der Waals surface area contributed by atoms with Crippen LogP contribution in [0.2, 0.25) is 0 Å². The van der Waals surface area contributed by atoms with E-state index in [1.165, 1.54) is 0 Å². The molecule has 0 aliphatic heterocycles.